The van der Waals surface area contributed by atoms with E-state index in [-0.39, 0.29) is 12.5 Å². The third kappa shape index (κ3) is 3.22. The highest BCUT2D eigenvalue weighted by Gasteiger charge is 2.19. The van der Waals surface area contributed by atoms with E-state index in [0.717, 1.165) is 17.9 Å². The largest absolute Gasteiger partial charge is 0.396 e. The van der Waals surface area contributed by atoms with Crippen molar-refractivity contribution in [3.8, 4) is 0 Å². The minimum absolute atomic E-state index is 0.216. The number of aliphatic hydroxyl groups excluding tert-OH is 1. The van der Waals surface area contributed by atoms with E-state index in [1.807, 2.05) is 24.3 Å². The van der Waals surface area contributed by atoms with Gasteiger partial charge in [0.05, 0.1) is 6.61 Å². The maximum absolute atomic E-state index is 9.45. The average molecular weight is 227 g/mol. The summed E-state index contributed by atoms with van der Waals surface area (Å²) in [5.41, 5.74) is 1.19. The normalized spacial score (nSPS) is 13.1. The lowest BCUT2D eigenvalue weighted by Gasteiger charge is -2.23. The molecule has 0 heterocycles. The molecule has 0 aliphatic rings. The van der Waals surface area contributed by atoms with Crippen molar-refractivity contribution >= 4 is 11.6 Å². The maximum Gasteiger partial charge on any atom is 0.0502 e. The molecule has 2 heteroatoms. The molecule has 0 saturated heterocycles. The molecule has 84 valence electrons. The second-order valence-electron chi connectivity index (χ2n) is 3.92. The van der Waals surface area contributed by atoms with Crippen molar-refractivity contribution in [2.45, 2.75) is 32.6 Å². The molecule has 1 aromatic carbocycles. The van der Waals surface area contributed by atoms with E-state index in [4.69, 9.17) is 11.6 Å². The molecule has 0 aliphatic heterocycles. The Morgan fingerprint density at radius 3 is 2.07 bits per heavy atom. The molecule has 0 fully saturated rings. The number of aliphatic hydroxyl groups is 1. The van der Waals surface area contributed by atoms with Crippen LogP contribution >= 0.6 is 11.6 Å². The first-order chi connectivity index (χ1) is 7.22. The van der Waals surface area contributed by atoms with Crippen LogP contribution in [0.25, 0.3) is 0 Å². The van der Waals surface area contributed by atoms with Gasteiger partial charge >= 0.3 is 0 Å². The fourth-order valence-corrected chi connectivity index (χ4v) is 2.22. The molecule has 0 saturated carbocycles. The van der Waals surface area contributed by atoms with Crippen molar-refractivity contribution < 1.29 is 5.11 Å². The minimum atomic E-state index is 0.216. The predicted molar refractivity (Wildman–Crippen MR) is 65.4 cm³/mol. The molecule has 15 heavy (non-hydrogen) atoms. The quantitative estimate of drug-likeness (QED) is 0.809. The molecule has 1 N–H and O–H groups in total. The van der Waals surface area contributed by atoms with Gasteiger partial charge in [-0.3, -0.25) is 0 Å². The Morgan fingerprint density at radius 1 is 1.13 bits per heavy atom. The predicted octanol–water partition coefficient (Wildman–Crippen LogP) is 3.85. The van der Waals surface area contributed by atoms with Crippen LogP contribution in [0.15, 0.2) is 24.3 Å². The Morgan fingerprint density at radius 2 is 1.67 bits per heavy atom. The van der Waals surface area contributed by atoms with Crippen LogP contribution in [0.1, 0.15) is 38.2 Å². The molecule has 0 spiro atoms. The topological polar surface area (TPSA) is 20.2 Å². The number of hydrogen-bond acceptors (Lipinski definition) is 1. The summed E-state index contributed by atoms with van der Waals surface area (Å²) in [6.45, 7) is 4.56. The van der Waals surface area contributed by atoms with Gasteiger partial charge < -0.3 is 5.11 Å². The first-order valence-electron chi connectivity index (χ1n) is 5.59. The lowest BCUT2D eigenvalue weighted by molar-refractivity contribution is 0.218. The lowest BCUT2D eigenvalue weighted by atomic mass is 9.83. The zero-order chi connectivity index (χ0) is 11.3. The van der Waals surface area contributed by atoms with Crippen molar-refractivity contribution in [3.05, 3.63) is 34.9 Å². The highest BCUT2D eigenvalue weighted by molar-refractivity contribution is 6.30. The van der Waals surface area contributed by atoms with Gasteiger partial charge in [0.15, 0.2) is 0 Å². The maximum atomic E-state index is 9.45. The number of benzene rings is 1. The van der Waals surface area contributed by atoms with E-state index in [2.05, 4.69) is 13.8 Å². The summed E-state index contributed by atoms with van der Waals surface area (Å²) in [4.78, 5) is 0. The Hall–Kier alpha value is -0.530. The molecular weight excluding hydrogens is 208 g/mol. The monoisotopic (exact) mass is 226 g/mol. The lowest BCUT2D eigenvalue weighted by Crippen LogP contribution is -2.15. The zero-order valence-corrected chi connectivity index (χ0v) is 10.2. The van der Waals surface area contributed by atoms with Gasteiger partial charge in [-0.25, -0.2) is 0 Å². The summed E-state index contributed by atoms with van der Waals surface area (Å²) in [5.74, 6) is 0.799. The van der Waals surface area contributed by atoms with Gasteiger partial charge in [-0.2, -0.15) is 0 Å². The molecule has 0 aromatic heterocycles. The second kappa shape index (κ2) is 6.14. The number of hydrogen-bond donors (Lipinski definition) is 1. The molecule has 1 unspecified atom stereocenters. The summed E-state index contributed by atoms with van der Waals surface area (Å²) in [6.07, 6.45) is 2.20. The zero-order valence-electron chi connectivity index (χ0n) is 9.41. The first-order valence-corrected chi connectivity index (χ1v) is 5.97. The molecule has 1 nitrogen and oxygen atoms in total. The molecule has 0 aliphatic carbocycles. The summed E-state index contributed by atoms with van der Waals surface area (Å²) in [6, 6.07) is 7.81. The molecular formula is C13H19ClO. The Balaban J connectivity index is 2.86. The highest BCUT2D eigenvalue weighted by Crippen LogP contribution is 2.29. The minimum Gasteiger partial charge on any atom is -0.396 e. The summed E-state index contributed by atoms with van der Waals surface area (Å²) in [5, 5.41) is 10.2. The Bertz CT molecular complexity index is 277. The van der Waals surface area contributed by atoms with Gasteiger partial charge in [0.2, 0.25) is 0 Å². The molecule has 0 bridgehead atoms. The van der Waals surface area contributed by atoms with Crippen molar-refractivity contribution in [1.82, 2.24) is 0 Å². The highest BCUT2D eigenvalue weighted by atomic mass is 35.5. The Kier molecular flexibility index (Phi) is 5.13. The van der Waals surface area contributed by atoms with Gasteiger partial charge in [-0.05, 0) is 23.6 Å². The van der Waals surface area contributed by atoms with Crippen LogP contribution in [-0.4, -0.2) is 11.7 Å². The van der Waals surface area contributed by atoms with Crippen molar-refractivity contribution in [1.29, 1.82) is 0 Å². The smallest absolute Gasteiger partial charge is 0.0502 e. The van der Waals surface area contributed by atoms with Gasteiger partial charge in [0.25, 0.3) is 0 Å². The van der Waals surface area contributed by atoms with Crippen LogP contribution in [0.4, 0.5) is 0 Å². The first kappa shape index (κ1) is 12.5. The third-order valence-corrected chi connectivity index (χ3v) is 3.36. The summed E-state index contributed by atoms with van der Waals surface area (Å²) >= 11 is 5.84. The van der Waals surface area contributed by atoms with Crippen molar-refractivity contribution in [2.24, 2.45) is 5.92 Å². The standard InChI is InChI=1S/C13H19ClO/c1-3-10(4-2)13(9-15)11-5-7-12(14)8-6-11/h5-8,10,13,15H,3-4,9H2,1-2H3. The van der Waals surface area contributed by atoms with Crippen LogP contribution in [-0.2, 0) is 0 Å². The van der Waals surface area contributed by atoms with Gasteiger partial charge in [-0.1, -0.05) is 50.4 Å². The van der Waals surface area contributed by atoms with Crippen LogP contribution < -0.4 is 0 Å². The average Bonchev–Trinajstić information content (AvgIpc) is 2.27. The van der Waals surface area contributed by atoms with Gasteiger partial charge in [0.1, 0.15) is 0 Å². The number of halogens is 1. The van der Waals surface area contributed by atoms with E-state index in [9.17, 15) is 5.11 Å². The van der Waals surface area contributed by atoms with E-state index in [0.29, 0.717) is 5.92 Å². The van der Waals surface area contributed by atoms with E-state index in [1.165, 1.54) is 5.56 Å². The van der Waals surface area contributed by atoms with Gasteiger partial charge in [-0.15, -0.1) is 0 Å². The molecule has 1 rings (SSSR count). The van der Waals surface area contributed by atoms with Crippen molar-refractivity contribution in [2.75, 3.05) is 6.61 Å². The summed E-state index contributed by atoms with van der Waals surface area (Å²) in [7, 11) is 0. The van der Waals surface area contributed by atoms with Gasteiger partial charge in [0, 0.05) is 10.9 Å². The fraction of sp³-hybridized carbons (Fsp3) is 0.538. The third-order valence-electron chi connectivity index (χ3n) is 3.11. The molecule has 1 aromatic rings. The second-order valence-corrected chi connectivity index (χ2v) is 4.35. The summed E-state index contributed by atoms with van der Waals surface area (Å²) < 4.78 is 0. The SMILES string of the molecule is CCC(CC)C(CO)c1ccc(Cl)cc1. The van der Waals surface area contributed by atoms with E-state index < -0.39 is 0 Å². The van der Waals surface area contributed by atoms with Crippen molar-refractivity contribution in [3.63, 3.8) is 0 Å². The van der Waals surface area contributed by atoms with Crippen LogP contribution in [0.2, 0.25) is 5.02 Å². The van der Waals surface area contributed by atoms with Crippen LogP contribution in [0, 0.1) is 5.92 Å². The fourth-order valence-electron chi connectivity index (χ4n) is 2.09. The molecule has 0 radical (unpaired) electrons. The Labute approximate surface area is 97.1 Å². The number of rotatable bonds is 5. The molecule has 1 atom stereocenters. The van der Waals surface area contributed by atoms with E-state index >= 15 is 0 Å². The van der Waals surface area contributed by atoms with Crippen LogP contribution in [0.3, 0.4) is 0 Å². The molecule has 0 amide bonds. The van der Waals surface area contributed by atoms with Crippen LogP contribution in [0.5, 0.6) is 0 Å². The van der Waals surface area contributed by atoms with E-state index in [1.54, 1.807) is 0 Å².